The van der Waals surface area contributed by atoms with Crippen molar-refractivity contribution in [2.75, 3.05) is 17.2 Å². The molecule has 0 unspecified atom stereocenters. The Hall–Kier alpha value is -3.66. The number of nitrogens with zero attached hydrogens (tertiary/aromatic N) is 2. The van der Waals surface area contributed by atoms with Crippen LogP contribution in [0, 0.1) is 26.7 Å². The summed E-state index contributed by atoms with van der Waals surface area (Å²) in [6, 6.07) is 7.78. The Labute approximate surface area is 208 Å². The highest BCUT2D eigenvalue weighted by Crippen LogP contribution is 2.36. The van der Waals surface area contributed by atoms with E-state index in [9.17, 15) is 14.4 Å². The predicted molar refractivity (Wildman–Crippen MR) is 136 cm³/mol. The summed E-state index contributed by atoms with van der Waals surface area (Å²) in [7, 11) is 0. The van der Waals surface area contributed by atoms with Crippen LogP contribution in [-0.4, -0.2) is 28.6 Å². The lowest BCUT2D eigenvalue weighted by atomic mass is 10.0. The normalized spacial score (nSPS) is 11.9. The smallest absolute Gasteiger partial charge is 0.273 e. The van der Waals surface area contributed by atoms with Crippen LogP contribution in [0.3, 0.4) is 0 Å². The third-order valence-corrected chi connectivity index (χ3v) is 6.62. The molecule has 0 radical (unpaired) electrons. The van der Waals surface area contributed by atoms with Gasteiger partial charge in [-0.15, -0.1) is 0 Å². The third-order valence-electron chi connectivity index (χ3n) is 5.77. The molecule has 3 aromatic rings. The maximum atomic E-state index is 14.0. The lowest BCUT2D eigenvalue weighted by Crippen LogP contribution is -2.44. The lowest BCUT2D eigenvalue weighted by molar-refractivity contribution is -0.122. The highest BCUT2D eigenvalue weighted by Gasteiger charge is 2.38. The number of aromatic nitrogens is 1. The van der Waals surface area contributed by atoms with Crippen molar-refractivity contribution in [1.29, 1.82) is 0 Å². The number of amides is 3. The summed E-state index contributed by atoms with van der Waals surface area (Å²) in [5.74, 6) is -0.522. The Morgan fingerprint density at radius 3 is 2.43 bits per heavy atom. The Balaban J connectivity index is 2.19. The molecule has 3 amide bonds. The van der Waals surface area contributed by atoms with Gasteiger partial charge < -0.3 is 21.2 Å². The van der Waals surface area contributed by atoms with Gasteiger partial charge in [-0.1, -0.05) is 26.0 Å². The minimum absolute atomic E-state index is 0.0166. The molecule has 0 spiro atoms. The summed E-state index contributed by atoms with van der Waals surface area (Å²) in [6.07, 6.45) is 0.775. The van der Waals surface area contributed by atoms with E-state index in [4.69, 9.17) is 15.9 Å². The molecule has 0 fully saturated rings. The quantitative estimate of drug-likeness (QED) is 0.409. The summed E-state index contributed by atoms with van der Waals surface area (Å²) in [4.78, 5) is 40.7. The largest absolute Gasteiger partial charge is 0.464 e. The zero-order chi connectivity index (χ0) is 25.9. The van der Waals surface area contributed by atoms with Crippen LogP contribution in [0.2, 0.25) is 0 Å². The van der Waals surface area contributed by atoms with Crippen molar-refractivity contribution in [3.05, 3.63) is 63.6 Å². The summed E-state index contributed by atoms with van der Waals surface area (Å²) in [5.41, 5.74) is 13.4. The van der Waals surface area contributed by atoms with Gasteiger partial charge in [0.05, 0.1) is 5.69 Å². The van der Waals surface area contributed by atoms with Gasteiger partial charge in [-0.2, -0.15) is 4.37 Å². The fraction of sp³-hybridized carbons (Fsp3) is 0.360. The molecular weight excluding hydrogens is 466 g/mol. The SMILES string of the molecule is Cc1ccc([C@@H](C(=O)NCCC(C)C)N(C(=O)c2snc(C(N)=O)c2N)c2cccc(C)c2C)o1. The standard InChI is InChI=1S/C25H31N5O4S/c1-13(2)11-12-28-24(32)21(18-10-9-15(4)34-18)30(17-8-6-7-14(3)16(17)5)25(33)22-19(26)20(23(27)31)29-35-22/h6-10,13,21H,11-12,26H2,1-5H3,(H2,27,31)(H,28,32)/t21-/m0/s1. The van der Waals surface area contributed by atoms with Gasteiger partial charge in [0.1, 0.15) is 16.4 Å². The third kappa shape index (κ3) is 5.54. The molecule has 0 aliphatic carbocycles. The highest BCUT2D eigenvalue weighted by molar-refractivity contribution is 7.09. The Kier molecular flexibility index (Phi) is 7.96. The number of nitrogens with one attached hydrogen (secondary N) is 1. The maximum absolute atomic E-state index is 14.0. The van der Waals surface area contributed by atoms with E-state index >= 15 is 0 Å². The number of furan rings is 1. The molecule has 186 valence electrons. The molecular formula is C25H31N5O4S. The molecule has 2 heterocycles. The van der Waals surface area contributed by atoms with Crippen molar-refractivity contribution in [1.82, 2.24) is 9.69 Å². The van der Waals surface area contributed by atoms with Gasteiger partial charge in [-0.25, -0.2) is 0 Å². The second-order valence-electron chi connectivity index (χ2n) is 8.86. The van der Waals surface area contributed by atoms with Crippen molar-refractivity contribution < 1.29 is 18.8 Å². The number of rotatable bonds is 9. The number of carbonyl (C=O) groups excluding carboxylic acids is 3. The van der Waals surface area contributed by atoms with Gasteiger partial charge in [0, 0.05) is 12.2 Å². The van der Waals surface area contributed by atoms with Gasteiger partial charge in [0.2, 0.25) is 0 Å². The Morgan fingerprint density at radius 2 is 1.86 bits per heavy atom. The first-order valence-corrected chi connectivity index (χ1v) is 12.1. The molecule has 35 heavy (non-hydrogen) atoms. The average Bonchev–Trinajstić information content (AvgIpc) is 3.38. The number of hydrogen-bond acceptors (Lipinski definition) is 7. The van der Waals surface area contributed by atoms with Gasteiger partial charge in [0.25, 0.3) is 17.7 Å². The number of hydrogen-bond donors (Lipinski definition) is 3. The minimum atomic E-state index is -1.12. The number of primary amides is 1. The molecule has 9 nitrogen and oxygen atoms in total. The van der Waals surface area contributed by atoms with Crippen LogP contribution in [0.4, 0.5) is 11.4 Å². The second-order valence-corrected chi connectivity index (χ2v) is 9.63. The van der Waals surface area contributed by atoms with E-state index in [1.807, 2.05) is 26.0 Å². The van der Waals surface area contributed by atoms with E-state index in [0.717, 1.165) is 29.1 Å². The van der Waals surface area contributed by atoms with Crippen LogP contribution in [0.25, 0.3) is 0 Å². The first kappa shape index (κ1) is 26.0. The van der Waals surface area contributed by atoms with E-state index in [2.05, 4.69) is 23.5 Å². The second kappa shape index (κ2) is 10.7. The molecule has 5 N–H and O–H groups in total. The first-order chi connectivity index (χ1) is 16.5. The average molecular weight is 498 g/mol. The molecule has 1 atom stereocenters. The number of aryl methyl sites for hydroxylation is 2. The van der Waals surface area contributed by atoms with E-state index < -0.39 is 23.8 Å². The first-order valence-electron chi connectivity index (χ1n) is 11.3. The van der Waals surface area contributed by atoms with Crippen molar-refractivity contribution >= 4 is 40.6 Å². The number of nitrogens with two attached hydrogens (primary N) is 2. The van der Waals surface area contributed by atoms with Crippen LogP contribution in [0.1, 0.15) is 69.1 Å². The zero-order valence-electron chi connectivity index (χ0n) is 20.5. The van der Waals surface area contributed by atoms with Crippen LogP contribution >= 0.6 is 11.5 Å². The van der Waals surface area contributed by atoms with Crippen molar-refractivity contribution in [3.8, 4) is 0 Å². The molecule has 0 bridgehead atoms. The molecule has 2 aromatic heterocycles. The fourth-order valence-corrected chi connectivity index (χ4v) is 4.40. The topological polar surface area (TPSA) is 145 Å². The number of nitrogen functional groups attached to an aromatic ring is 1. The van der Waals surface area contributed by atoms with E-state index in [0.29, 0.717) is 29.7 Å². The maximum Gasteiger partial charge on any atom is 0.273 e. The van der Waals surface area contributed by atoms with Crippen LogP contribution < -0.4 is 21.7 Å². The molecule has 0 aliphatic heterocycles. The summed E-state index contributed by atoms with van der Waals surface area (Å²) < 4.78 is 9.83. The van der Waals surface area contributed by atoms with Gasteiger partial charge in [0.15, 0.2) is 11.7 Å². The molecule has 1 aromatic carbocycles. The number of carbonyl (C=O) groups is 3. The van der Waals surface area contributed by atoms with E-state index in [-0.39, 0.29) is 16.3 Å². The number of benzene rings is 1. The lowest BCUT2D eigenvalue weighted by Gasteiger charge is -2.31. The molecule has 10 heteroatoms. The van der Waals surface area contributed by atoms with E-state index in [1.165, 1.54) is 4.90 Å². The van der Waals surface area contributed by atoms with Crippen LogP contribution in [0.15, 0.2) is 34.7 Å². The minimum Gasteiger partial charge on any atom is -0.464 e. The fourth-order valence-electron chi connectivity index (χ4n) is 3.66. The predicted octanol–water partition coefficient (Wildman–Crippen LogP) is 3.89. The molecule has 0 saturated carbocycles. The molecule has 0 saturated heterocycles. The summed E-state index contributed by atoms with van der Waals surface area (Å²) in [6.45, 7) is 10.1. The van der Waals surface area contributed by atoms with Gasteiger partial charge >= 0.3 is 0 Å². The van der Waals surface area contributed by atoms with Gasteiger partial charge in [-0.3, -0.25) is 19.3 Å². The Bertz CT molecular complexity index is 1250. The van der Waals surface area contributed by atoms with Crippen LogP contribution in [-0.2, 0) is 4.79 Å². The number of anilines is 2. The van der Waals surface area contributed by atoms with Crippen molar-refractivity contribution in [2.45, 2.75) is 47.1 Å². The summed E-state index contributed by atoms with van der Waals surface area (Å²) >= 11 is 0.768. The molecule has 3 rings (SSSR count). The van der Waals surface area contributed by atoms with E-state index in [1.54, 1.807) is 25.1 Å². The zero-order valence-corrected chi connectivity index (χ0v) is 21.4. The van der Waals surface area contributed by atoms with Crippen molar-refractivity contribution in [2.24, 2.45) is 11.7 Å². The summed E-state index contributed by atoms with van der Waals surface area (Å²) in [5, 5.41) is 2.94. The highest BCUT2D eigenvalue weighted by atomic mass is 32.1. The Morgan fingerprint density at radius 1 is 1.14 bits per heavy atom. The van der Waals surface area contributed by atoms with Crippen molar-refractivity contribution in [3.63, 3.8) is 0 Å². The monoisotopic (exact) mass is 497 g/mol. The van der Waals surface area contributed by atoms with Crippen LogP contribution in [0.5, 0.6) is 0 Å². The molecule has 0 aliphatic rings. The van der Waals surface area contributed by atoms with Gasteiger partial charge in [-0.05, 0) is 74.0 Å².